The quantitative estimate of drug-likeness (QED) is 0.646. The molecule has 0 heterocycles. The summed E-state index contributed by atoms with van der Waals surface area (Å²) in [6, 6.07) is 9.11. The molecular formula is C11H12O2. The molecule has 0 aromatic heterocycles. The number of esters is 1. The molecule has 0 amide bonds. The molecule has 2 nitrogen and oxygen atoms in total. The van der Waals surface area contributed by atoms with E-state index in [1.165, 1.54) is 0 Å². The van der Waals surface area contributed by atoms with E-state index < -0.39 is 0 Å². The maximum absolute atomic E-state index is 11.4. The van der Waals surface area contributed by atoms with E-state index >= 15 is 0 Å². The average molecular weight is 176 g/mol. The summed E-state index contributed by atoms with van der Waals surface area (Å²) < 4.78 is 5.22. The highest BCUT2D eigenvalue weighted by Crippen LogP contribution is 2.33. The van der Waals surface area contributed by atoms with Crippen molar-refractivity contribution >= 4 is 5.97 Å². The Morgan fingerprint density at radius 1 is 1.38 bits per heavy atom. The predicted molar refractivity (Wildman–Crippen MR) is 49.4 cm³/mol. The van der Waals surface area contributed by atoms with Crippen LogP contribution in [0.3, 0.4) is 0 Å². The predicted octanol–water partition coefficient (Wildman–Crippen LogP) is 2.25. The standard InChI is InChI=1S/C11H12O2/c1-8-7-10(8)13-11(12)9-5-3-2-4-6-9/h2-6,8,10H,7H2,1H3. The van der Waals surface area contributed by atoms with Gasteiger partial charge in [0, 0.05) is 0 Å². The Morgan fingerprint density at radius 2 is 2.00 bits per heavy atom. The number of rotatable bonds is 2. The Labute approximate surface area is 77.5 Å². The van der Waals surface area contributed by atoms with Crippen molar-refractivity contribution in [3.63, 3.8) is 0 Å². The molecule has 1 saturated carbocycles. The van der Waals surface area contributed by atoms with Gasteiger partial charge in [0.2, 0.25) is 0 Å². The van der Waals surface area contributed by atoms with Gasteiger partial charge in [0.25, 0.3) is 0 Å². The van der Waals surface area contributed by atoms with Crippen LogP contribution < -0.4 is 0 Å². The van der Waals surface area contributed by atoms with Crippen LogP contribution in [0.5, 0.6) is 0 Å². The van der Waals surface area contributed by atoms with Gasteiger partial charge in [0.05, 0.1) is 5.56 Å². The van der Waals surface area contributed by atoms with Crippen molar-refractivity contribution in [1.82, 2.24) is 0 Å². The number of benzene rings is 1. The monoisotopic (exact) mass is 176 g/mol. The van der Waals surface area contributed by atoms with Crippen LogP contribution in [0.25, 0.3) is 0 Å². The van der Waals surface area contributed by atoms with E-state index in [4.69, 9.17) is 4.74 Å². The van der Waals surface area contributed by atoms with Gasteiger partial charge < -0.3 is 4.74 Å². The SMILES string of the molecule is CC1CC1OC(=O)c1ccccc1. The van der Waals surface area contributed by atoms with E-state index in [1.807, 2.05) is 18.2 Å². The number of carbonyl (C=O) groups excluding carboxylic acids is 1. The van der Waals surface area contributed by atoms with Gasteiger partial charge >= 0.3 is 5.97 Å². The summed E-state index contributed by atoms with van der Waals surface area (Å²) in [5.74, 6) is 0.350. The Balaban J connectivity index is 1.98. The highest BCUT2D eigenvalue weighted by Gasteiger charge is 2.36. The smallest absolute Gasteiger partial charge is 0.338 e. The van der Waals surface area contributed by atoms with Crippen LogP contribution in [0.15, 0.2) is 30.3 Å². The molecule has 2 rings (SSSR count). The van der Waals surface area contributed by atoms with Crippen LogP contribution in [-0.4, -0.2) is 12.1 Å². The third-order valence-corrected chi connectivity index (χ3v) is 2.30. The molecule has 0 radical (unpaired) electrons. The van der Waals surface area contributed by atoms with Crippen molar-refractivity contribution in [1.29, 1.82) is 0 Å². The van der Waals surface area contributed by atoms with Crippen molar-refractivity contribution in [2.75, 3.05) is 0 Å². The molecule has 0 bridgehead atoms. The third kappa shape index (κ3) is 1.89. The van der Waals surface area contributed by atoms with Gasteiger partial charge in [-0.3, -0.25) is 0 Å². The van der Waals surface area contributed by atoms with Crippen molar-refractivity contribution in [2.45, 2.75) is 19.4 Å². The summed E-state index contributed by atoms with van der Waals surface area (Å²) in [6.07, 6.45) is 1.17. The lowest BCUT2D eigenvalue weighted by Crippen LogP contribution is -2.07. The molecule has 2 atom stereocenters. The Kier molecular flexibility index (Phi) is 2.05. The van der Waals surface area contributed by atoms with Gasteiger partial charge in [-0.05, 0) is 24.5 Å². The van der Waals surface area contributed by atoms with Crippen LogP contribution in [0.4, 0.5) is 0 Å². The molecule has 2 heteroatoms. The lowest BCUT2D eigenvalue weighted by Gasteiger charge is -2.02. The third-order valence-electron chi connectivity index (χ3n) is 2.30. The molecule has 0 N–H and O–H groups in total. The van der Waals surface area contributed by atoms with Crippen molar-refractivity contribution < 1.29 is 9.53 Å². The average Bonchev–Trinajstić information content (AvgIpc) is 2.83. The number of hydrogen-bond donors (Lipinski definition) is 0. The second-order valence-corrected chi connectivity index (χ2v) is 3.52. The maximum Gasteiger partial charge on any atom is 0.338 e. The molecular weight excluding hydrogens is 164 g/mol. The van der Waals surface area contributed by atoms with Gasteiger partial charge in [-0.1, -0.05) is 25.1 Å². The zero-order valence-electron chi connectivity index (χ0n) is 7.57. The van der Waals surface area contributed by atoms with E-state index in [0.29, 0.717) is 11.5 Å². The molecule has 0 spiro atoms. The first kappa shape index (κ1) is 8.30. The molecule has 2 unspecified atom stereocenters. The van der Waals surface area contributed by atoms with Gasteiger partial charge in [-0.15, -0.1) is 0 Å². The normalized spacial score (nSPS) is 25.3. The highest BCUT2D eigenvalue weighted by atomic mass is 16.5. The van der Waals surface area contributed by atoms with E-state index in [0.717, 1.165) is 6.42 Å². The number of hydrogen-bond acceptors (Lipinski definition) is 2. The molecule has 0 saturated heterocycles. The van der Waals surface area contributed by atoms with E-state index in [2.05, 4.69) is 6.92 Å². The van der Waals surface area contributed by atoms with Crippen LogP contribution in [0.2, 0.25) is 0 Å². The summed E-state index contributed by atoms with van der Waals surface area (Å²) >= 11 is 0. The minimum absolute atomic E-state index is 0.160. The van der Waals surface area contributed by atoms with Crippen molar-refractivity contribution in [2.24, 2.45) is 5.92 Å². The van der Waals surface area contributed by atoms with E-state index in [-0.39, 0.29) is 12.1 Å². The topological polar surface area (TPSA) is 26.3 Å². The minimum atomic E-state index is -0.199. The second kappa shape index (κ2) is 3.21. The summed E-state index contributed by atoms with van der Waals surface area (Å²) in [5, 5.41) is 0. The zero-order valence-corrected chi connectivity index (χ0v) is 7.57. The highest BCUT2D eigenvalue weighted by molar-refractivity contribution is 5.89. The molecule has 1 aliphatic rings. The van der Waals surface area contributed by atoms with E-state index in [9.17, 15) is 4.79 Å². The van der Waals surface area contributed by atoms with Gasteiger partial charge in [0.15, 0.2) is 0 Å². The fourth-order valence-electron chi connectivity index (χ4n) is 1.23. The first-order valence-electron chi connectivity index (χ1n) is 4.53. The fourth-order valence-corrected chi connectivity index (χ4v) is 1.23. The second-order valence-electron chi connectivity index (χ2n) is 3.52. The van der Waals surface area contributed by atoms with Crippen LogP contribution in [0, 0.1) is 5.92 Å². The lowest BCUT2D eigenvalue weighted by atomic mass is 10.2. The molecule has 1 aromatic rings. The van der Waals surface area contributed by atoms with Crippen molar-refractivity contribution in [3.8, 4) is 0 Å². The first-order valence-corrected chi connectivity index (χ1v) is 4.53. The van der Waals surface area contributed by atoms with Gasteiger partial charge in [0.1, 0.15) is 6.10 Å². The molecule has 13 heavy (non-hydrogen) atoms. The Hall–Kier alpha value is -1.31. The molecule has 1 aromatic carbocycles. The summed E-state index contributed by atoms with van der Waals surface area (Å²) in [4.78, 5) is 11.4. The fraction of sp³-hybridized carbons (Fsp3) is 0.364. The van der Waals surface area contributed by atoms with Crippen LogP contribution in [-0.2, 0) is 4.74 Å². The first-order chi connectivity index (χ1) is 6.27. The Bertz CT molecular complexity index is 305. The molecule has 1 fully saturated rings. The Morgan fingerprint density at radius 3 is 2.54 bits per heavy atom. The number of ether oxygens (including phenoxy) is 1. The molecule has 0 aliphatic heterocycles. The molecule has 68 valence electrons. The van der Waals surface area contributed by atoms with Gasteiger partial charge in [-0.25, -0.2) is 4.79 Å². The van der Waals surface area contributed by atoms with Gasteiger partial charge in [-0.2, -0.15) is 0 Å². The lowest BCUT2D eigenvalue weighted by molar-refractivity contribution is 0.0454. The molecule has 1 aliphatic carbocycles. The summed E-state index contributed by atoms with van der Waals surface area (Å²) in [6.45, 7) is 2.09. The number of carbonyl (C=O) groups is 1. The minimum Gasteiger partial charge on any atom is -0.458 e. The largest absolute Gasteiger partial charge is 0.458 e. The summed E-state index contributed by atoms with van der Waals surface area (Å²) in [5.41, 5.74) is 0.640. The summed E-state index contributed by atoms with van der Waals surface area (Å²) in [7, 11) is 0. The van der Waals surface area contributed by atoms with Crippen LogP contribution in [0.1, 0.15) is 23.7 Å². The van der Waals surface area contributed by atoms with E-state index in [1.54, 1.807) is 12.1 Å². The van der Waals surface area contributed by atoms with Crippen LogP contribution >= 0.6 is 0 Å². The van der Waals surface area contributed by atoms with Crippen molar-refractivity contribution in [3.05, 3.63) is 35.9 Å². The zero-order chi connectivity index (χ0) is 9.26. The maximum atomic E-state index is 11.4.